The lowest BCUT2D eigenvalue weighted by molar-refractivity contribution is -0.135. The third-order valence-electron chi connectivity index (χ3n) is 2.42. The summed E-state index contributed by atoms with van der Waals surface area (Å²) in [5.74, 6) is 0.863. The second kappa shape index (κ2) is 7.26. The van der Waals surface area contributed by atoms with Crippen LogP contribution in [0.1, 0.15) is 20.8 Å². The van der Waals surface area contributed by atoms with Crippen LogP contribution in [-0.4, -0.2) is 48.3 Å². The molecule has 1 aromatic carbocycles. The zero-order valence-corrected chi connectivity index (χ0v) is 12.5. The van der Waals surface area contributed by atoms with Gasteiger partial charge in [0.1, 0.15) is 11.5 Å². The van der Waals surface area contributed by atoms with Gasteiger partial charge in [-0.1, -0.05) is 0 Å². The number of hydrogen-bond donors (Lipinski definition) is 1. The first-order valence-electron chi connectivity index (χ1n) is 6.64. The van der Waals surface area contributed by atoms with Gasteiger partial charge in [-0.05, 0) is 52.1 Å². The van der Waals surface area contributed by atoms with Gasteiger partial charge in [0.2, 0.25) is 0 Å². The molecule has 0 radical (unpaired) electrons. The molecule has 112 valence electrons. The highest BCUT2D eigenvalue weighted by molar-refractivity contribution is 5.74. The summed E-state index contributed by atoms with van der Waals surface area (Å²) in [5.41, 5.74) is -0.839. The van der Waals surface area contributed by atoms with Crippen molar-refractivity contribution in [2.24, 2.45) is 0 Å². The van der Waals surface area contributed by atoms with Crippen molar-refractivity contribution >= 4 is 5.97 Å². The van der Waals surface area contributed by atoms with Gasteiger partial charge in [-0.25, -0.2) is 0 Å². The van der Waals surface area contributed by atoms with Crippen molar-refractivity contribution in [3.05, 3.63) is 24.3 Å². The van der Waals surface area contributed by atoms with Crippen LogP contribution in [0.3, 0.4) is 0 Å². The van der Waals surface area contributed by atoms with E-state index in [-0.39, 0.29) is 12.5 Å². The molecule has 20 heavy (non-hydrogen) atoms. The Hall–Kier alpha value is -1.59. The van der Waals surface area contributed by atoms with E-state index in [9.17, 15) is 9.90 Å². The number of esters is 1. The lowest BCUT2D eigenvalue weighted by Crippen LogP contribution is -2.39. The van der Waals surface area contributed by atoms with Crippen LogP contribution in [0.4, 0.5) is 0 Å². The van der Waals surface area contributed by atoms with E-state index in [0.29, 0.717) is 18.9 Å². The highest BCUT2D eigenvalue weighted by atomic mass is 16.5. The van der Waals surface area contributed by atoms with E-state index in [1.807, 2.05) is 6.92 Å². The van der Waals surface area contributed by atoms with Gasteiger partial charge in [0, 0.05) is 6.54 Å². The van der Waals surface area contributed by atoms with Crippen LogP contribution < -0.4 is 9.47 Å². The van der Waals surface area contributed by atoms with Crippen molar-refractivity contribution in [1.29, 1.82) is 0 Å². The highest BCUT2D eigenvalue weighted by Crippen LogP contribution is 2.17. The summed E-state index contributed by atoms with van der Waals surface area (Å²) in [5, 5.41) is 9.66. The van der Waals surface area contributed by atoms with Gasteiger partial charge in [-0.3, -0.25) is 9.69 Å². The zero-order chi connectivity index (χ0) is 15.2. The van der Waals surface area contributed by atoms with Gasteiger partial charge >= 0.3 is 5.97 Å². The minimum atomic E-state index is -0.839. The number of hydrogen-bond acceptors (Lipinski definition) is 5. The molecule has 0 saturated carbocycles. The van der Waals surface area contributed by atoms with E-state index in [0.717, 1.165) is 5.75 Å². The van der Waals surface area contributed by atoms with Crippen molar-refractivity contribution < 1.29 is 19.4 Å². The number of aliphatic hydroxyl groups is 1. The molecule has 0 bridgehead atoms. The van der Waals surface area contributed by atoms with Crippen LogP contribution in [0.2, 0.25) is 0 Å². The molecule has 5 nitrogen and oxygen atoms in total. The Morgan fingerprint density at radius 2 is 1.80 bits per heavy atom. The number of benzene rings is 1. The predicted molar refractivity (Wildman–Crippen MR) is 77.0 cm³/mol. The van der Waals surface area contributed by atoms with E-state index < -0.39 is 5.60 Å². The number of carbonyl (C=O) groups excluding carboxylic acids is 1. The maximum absolute atomic E-state index is 11.7. The van der Waals surface area contributed by atoms with Crippen molar-refractivity contribution in [1.82, 2.24) is 4.90 Å². The molecule has 1 rings (SSSR count). The molecule has 0 amide bonds. The Balaban J connectivity index is 2.45. The maximum atomic E-state index is 11.7. The van der Waals surface area contributed by atoms with Crippen molar-refractivity contribution in [2.75, 3.05) is 26.7 Å². The van der Waals surface area contributed by atoms with Crippen LogP contribution in [0.15, 0.2) is 24.3 Å². The fourth-order valence-electron chi connectivity index (χ4n) is 1.87. The average Bonchev–Trinajstić information content (AvgIpc) is 2.29. The topological polar surface area (TPSA) is 59.0 Å². The molecule has 0 heterocycles. The molecule has 1 aromatic rings. The van der Waals surface area contributed by atoms with Crippen LogP contribution in [0.5, 0.6) is 11.5 Å². The molecule has 0 fully saturated rings. The second-order valence-corrected chi connectivity index (χ2v) is 5.36. The standard InChI is InChI=1S/C15H23NO4/c1-5-19-12-6-8-13(9-7-12)20-14(17)10-16(4)11-15(2,3)18/h6-9,18H,5,10-11H2,1-4H3. The van der Waals surface area contributed by atoms with Crippen molar-refractivity contribution in [3.8, 4) is 11.5 Å². The summed E-state index contributed by atoms with van der Waals surface area (Å²) >= 11 is 0. The Bertz CT molecular complexity index is 422. The molecular weight excluding hydrogens is 258 g/mol. The highest BCUT2D eigenvalue weighted by Gasteiger charge is 2.18. The molecule has 0 atom stereocenters. The van der Waals surface area contributed by atoms with E-state index >= 15 is 0 Å². The summed E-state index contributed by atoms with van der Waals surface area (Å²) in [7, 11) is 1.76. The van der Waals surface area contributed by atoms with Crippen molar-refractivity contribution in [2.45, 2.75) is 26.4 Å². The Kier molecular flexibility index (Phi) is 5.98. The molecule has 0 unspecified atom stereocenters. The quantitative estimate of drug-likeness (QED) is 0.609. The van der Waals surface area contributed by atoms with Crippen LogP contribution in [0.25, 0.3) is 0 Å². The van der Waals surface area contributed by atoms with E-state index in [1.54, 1.807) is 50.1 Å². The van der Waals surface area contributed by atoms with E-state index in [2.05, 4.69) is 0 Å². The van der Waals surface area contributed by atoms with Crippen LogP contribution in [0, 0.1) is 0 Å². The summed E-state index contributed by atoms with van der Waals surface area (Å²) in [6, 6.07) is 6.90. The van der Waals surface area contributed by atoms with E-state index in [4.69, 9.17) is 9.47 Å². The first kappa shape index (κ1) is 16.5. The average molecular weight is 281 g/mol. The molecular formula is C15H23NO4. The normalized spacial score (nSPS) is 11.5. The minimum absolute atomic E-state index is 0.122. The van der Waals surface area contributed by atoms with Gasteiger partial charge in [-0.15, -0.1) is 0 Å². The lowest BCUT2D eigenvalue weighted by atomic mass is 10.1. The van der Waals surface area contributed by atoms with Crippen LogP contribution in [-0.2, 0) is 4.79 Å². The van der Waals surface area contributed by atoms with Gasteiger partial charge in [0.15, 0.2) is 0 Å². The van der Waals surface area contributed by atoms with Gasteiger partial charge in [-0.2, -0.15) is 0 Å². The van der Waals surface area contributed by atoms with E-state index in [1.165, 1.54) is 0 Å². The summed E-state index contributed by atoms with van der Waals surface area (Å²) in [6.07, 6.45) is 0. The zero-order valence-electron chi connectivity index (χ0n) is 12.5. The number of ether oxygens (including phenoxy) is 2. The van der Waals surface area contributed by atoms with Gasteiger partial charge in [0.25, 0.3) is 0 Å². The second-order valence-electron chi connectivity index (χ2n) is 5.36. The number of carbonyl (C=O) groups is 1. The van der Waals surface area contributed by atoms with Crippen LogP contribution >= 0.6 is 0 Å². The molecule has 5 heteroatoms. The summed E-state index contributed by atoms with van der Waals surface area (Å²) in [6.45, 7) is 6.42. The molecule has 0 aliphatic heterocycles. The molecule has 0 aliphatic rings. The maximum Gasteiger partial charge on any atom is 0.325 e. The van der Waals surface area contributed by atoms with Crippen molar-refractivity contribution in [3.63, 3.8) is 0 Å². The number of nitrogens with zero attached hydrogens (tertiary/aromatic N) is 1. The third-order valence-corrected chi connectivity index (χ3v) is 2.42. The molecule has 0 aliphatic carbocycles. The number of rotatable bonds is 7. The van der Waals surface area contributed by atoms with Gasteiger partial charge < -0.3 is 14.6 Å². The third kappa shape index (κ3) is 6.54. The molecule has 0 saturated heterocycles. The SMILES string of the molecule is CCOc1ccc(OC(=O)CN(C)CC(C)(C)O)cc1. The lowest BCUT2D eigenvalue weighted by Gasteiger charge is -2.24. The predicted octanol–water partition coefficient (Wildman–Crippen LogP) is 1.69. The largest absolute Gasteiger partial charge is 0.494 e. The Labute approximate surface area is 120 Å². The first-order chi connectivity index (χ1) is 9.30. The fraction of sp³-hybridized carbons (Fsp3) is 0.533. The minimum Gasteiger partial charge on any atom is -0.494 e. The Morgan fingerprint density at radius 1 is 1.25 bits per heavy atom. The number of likely N-dealkylation sites (N-methyl/N-ethyl adjacent to an activating group) is 1. The summed E-state index contributed by atoms with van der Waals surface area (Å²) < 4.78 is 10.5. The molecule has 0 aromatic heterocycles. The molecule has 0 spiro atoms. The molecule has 1 N–H and O–H groups in total. The summed E-state index contributed by atoms with van der Waals surface area (Å²) in [4.78, 5) is 13.5. The van der Waals surface area contributed by atoms with Gasteiger partial charge in [0.05, 0.1) is 18.8 Å². The fourth-order valence-corrected chi connectivity index (χ4v) is 1.87. The smallest absolute Gasteiger partial charge is 0.325 e. The Morgan fingerprint density at radius 3 is 2.30 bits per heavy atom. The first-order valence-corrected chi connectivity index (χ1v) is 6.64. The monoisotopic (exact) mass is 281 g/mol.